The number of nitrogens with two attached hydrogens (primary N) is 1. The molecule has 0 saturated carbocycles. The van der Waals surface area contributed by atoms with E-state index in [1.165, 1.54) is 5.56 Å². The van der Waals surface area contributed by atoms with E-state index in [9.17, 15) is 4.79 Å². The van der Waals surface area contributed by atoms with E-state index in [0.29, 0.717) is 12.4 Å². The lowest BCUT2D eigenvalue weighted by Crippen LogP contribution is -2.29. The Morgan fingerprint density at radius 2 is 2.33 bits per heavy atom. The van der Waals surface area contributed by atoms with Crippen molar-refractivity contribution in [3.63, 3.8) is 0 Å². The molecule has 0 bridgehead atoms. The molecule has 0 radical (unpaired) electrons. The molecule has 1 aromatic carbocycles. The van der Waals surface area contributed by atoms with Gasteiger partial charge < -0.3 is 15.8 Å². The van der Waals surface area contributed by atoms with E-state index in [4.69, 9.17) is 10.5 Å². The molecule has 112 valence electrons. The van der Waals surface area contributed by atoms with Gasteiger partial charge in [0.1, 0.15) is 5.75 Å². The first-order chi connectivity index (χ1) is 10.1. The molecule has 0 aliphatic carbocycles. The molecule has 7 heteroatoms. The maximum absolute atomic E-state index is 10.8. The van der Waals surface area contributed by atoms with E-state index in [2.05, 4.69) is 38.1 Å². The van der Waals surface area contributed by atoms with E-state index in [1.807, 2.05) is 31.2 Å². The third-order valence-electron chi connectivity index (χ3n) is 2.98. The standard InChI is InChI=1S/C14H17IN4O2/c1-2-11-12(8-17-14(16)20)18-19-13(11)21-10-5-3-4-9(6-10)7-15/h3-6H,2,7-8H2,1H3,(H,18,19)(H3,16,17,20). The summed E-state index contributed by atoms with van der Waals surface area (Å²) < 4.78 is 6.76. The Balaban J connectivity index is 2.17. The van der Waals surface area contributed by atoms with Crippen molar-refractivity contribution < 1.29 is 9.53 Å². The number of aromatic nitrogens is 2. The number of ether oxygens (including phenoxy) is 1. The van der Waals surface area contributed by atoms with Gasteiger partial charge in [-0.15, -0.1) is 5.10 Å². The summed E-state index contributed by atoms with van der Waals surface area (Å²) in [4.78, 5) is 10.8. The molecule has 0 atom stereocenters. The van der Waals surface area contributed by atoms with Gasteiger partial charge in [-0.25, -0.2) is 4.79 Å². The number of benzene rings is 1. The second-order valence-corrected chi connectivity index (χ2v) is 5.20. The first-order valence-electron chi connectivity index (χ1n) is 6.56. The highest BCUT2D eigenvalue weighted by molar-refractivity contribution is 14.1. The summed E-state index contributed by atoms with van der Waals surface area (Å²) in [6, 6.07) is 7.32. The van der Waals surface area contributed by atoms with Gasteiger partial charge in [0.05, 0.1) is 12.2 Å². The molecule has 0 aliphatic rings. The molecule has 2 amide bonds. The molecule has 2 rings (SSSR count). The summed E-state index contributed by atoms with van der Waals surface area (Å²) >= 11 is 2.31. The topological polar surface area (TPSA) is 93.0 Å². The first-order valence-corrected chi connectivity index (χ1v) is 8.08. The fourth-order valence-electron chi connectivity index (χ4n) is 1.96. The molecule has 6 nitrogen and oxygen atoms in total. The van der Waals surface area contributed by atoms with Crippen molar-refractivity contribution in [2.75, 3.05) is 0 Å². The minimum absolute atomic E-state index is 0.308. The van der Waals surface area contributed by atoms with Crippen molar-refractivity contribution in [2.45, 2.75) is 24.3 Å². The average Bonchev–Trinajstić information content (AvgIpc) is 2.87. The maximum Gasteiger partial charge on any atom is 0.312 e. The number of carbonyl (C=O) groups is 1. The van der Waals surface area contributed by atoms with Gasteiger partial charge in [0.25, 0.3) is 0 Å². The summed E-state index contributed by atoms with van der Waals surface area (Å²) in [6.45, 7) is 2.31. The number of alkyl halides is 1. The lowest BCUT2D eigenvalue weighted by atomic mass is 10.2. The van der Waals surface area contributed by atoms with Gasteiger partial charge in [-0.1, -0.05) is 41.6 Å². The zero-order valence-electron chi connectivity index (χ0n) is 11.6. The number of rotatable bonds is 6. The molecule has 1 aromatic heterocycles. The second kappa shape index (κ2) is 7.30. The molecular formula is C14H17IN4O2. The van der Waals surface area contributed by atoms with Gasteiger partial charge in [-0.2, -0.15) is 0 Å². The zero-order valence-corrected chi connectivity index (χ0v) is 13.8. The van der Waals surface area contributed by atoms with Crippen LogP contribution in [-0.4, -0.2) is 16.2 Å². The summed E-state index contributed by atoms with van der Waals surface area (Å²) in [6.07, 6.45) is 0.744. The summed E-state index contributed by atoms with van der Waals surface area (Å²) in [5, 5.41) is 9.60. The van der Waals surface area contributed by atoms with Crippen LogP contribution in [0.2, 0.25) is 0 Å². The number of hydrogen-bond donors (Lipinski definition) is 3. The molecule has 0 unspecified atom stereocenters. The van der Waals surface area contributed by atoms with Gasteiger partial charge in [0.2, 0.25) is 5.88 Å². The fourth-order valence-corrected chi connectivity index (χ4v) is 2.43. The predicted molar refractivity (Wildman–Crippen MR) is 88.6 cm³/mol. The first kappa shape index (κ1) is 15.6. The van der Waals surface area contributed by atoms with Crippen molar-refractivity contribution in [1.29, 1.82) is 0 Å². The lowest BCUT2D eigenvalue weighted by molar-refractivity contribution is 0.248. The van der Waals surface area contributed by atoms with Crippen molar-refractivity contribution in [1.82, 2.24) is 15.5 Å². The van der Waals surface area contributed by atoms with Gasteiger partial charge in [0.15, 0.2) is 0 Å². The average molecular weight is 400 g/mol. The van der Waals surface area contributed by atoms with E-state index in [-0.39, 0.29) is 0 Å². The molecule has 0 aliphatic heterocycles. The number of nitrogens with zero attached hydrogens (tertiary/aromatic N) is 1. The number of amides is 2. The van der Waals surface area contributed by atoms with Gasteiger partial charge in [-0.3, -0.25) is 5.10 Å². The largest absolute Gasteiger partial charge is 0.437 e. The molecule has 21 heavy (non-hydrogen) atoms. The minimum atomic E-state index is -0.566. The van der Waals surface area contributed by atoms with Crippen LogP contribution in [0.5, 0.6) is 11.6 Å². The summed E-state index contributed by atoms with van der Waals surface area (Å²) in [5.41, 5.74) is 8.01. The van der Waals surface area contributed by atoms with E-state index in [0.717, 1.165) is 27.9 Å². The highest BCUT2D eigenvalue weighted by Gasteiger charge is 2.14. The number of primary amides is 1. The highest BCUT2D eigenvalue weighted by atomic mass is 127. The van der Waals surface area contributed by atoms with Gasteiger partial charge in [-0.05, 0) is 24.1 Å². The van der Waals surface area contributed by atoms with Crippen LogP contribution in [0.4, 0.5) is 4.79 Å². The quantitative estimate of drug-likeness (QED) is 0.514. The van der Waals surface area contributed by atoms with Gasteiger partial charge >= 0.3 is 6.03 Å². The fraction of sp³-hybridized carbons (Fsp3) is 0.286. The van der Waals surface area contributed by atoms with Crippen LogP contribution in [0.3, 0.4) is 0 Å². The van der Waals surface area contributed by atoms with E-state index in [1.54, 1.807) is 0 Å². The van der Waals surface area contributed by atoms with Crippen LogP contribution in [0.1, 0.15) is 23.7 Å². The van der Waals surface area contributed by atoms with Crippen LogP contribution >= 0.6 is 22.6 Å². The van der Waals surface area contributed by atoms with Gasteiger partial charge in [0, 0.05) is 9.99 Å². The Bertz CT molecular complexity index is 627. The molecule has 0 saturated heterocycles. The number of hydrogen-bond acceptors (Lipinski definition) is 3. The molecule has 2 aromatic rings. The Morgan fingerprint density at radius 1 is 1.52 bits per heavy atom. The number of H-pyrrole nitrogens is 1. The Morgan fingerprint density at radius 3 is 3.00 bits per heavy atom. The number of urea groups is 1. The van der Waals surface area contributed by atoms with E-state index < -0.39 is 6.03 Å². The van der Waals surface area contributed by atoms with E-state index >= 15 is 0 Å². The second-order valence-electron chi connectivity index (χ2n) is 4.44. The molecule has 0 fully saturated rings. The zero-order chi connectivity index (χ0) is 15.2. The number of aromatic amines is 1. The van der Waals surface area contributed by atoms with Crippen LogP contribution in [0.15, 0.2) is 24.3 Å². The van der Waals surface area contributed by atoms with Crippen LogP contribution in [-0.2, 0) is 17.4 Å². The van der Waals surface area contributed by atoms with Crippen LogP contribution in [0, 0.1) is 0 Å². The Hall–Kier alpha value is -1.77. The normalized spacial score (nSPS) is 10.4. The highest BCUT2D eigenvalue weighted by Crippen LogP contribution is 2.26. The summed E-state index contributed by atoms with van der Waals surface area (Å²) in [5.74, 6) is 1.28. The van der Waals surface area contributed by atoms with Crippen molar-refractivity contribution >= 4 is 28.6 Å². The van der Waals surface area contributed by atoms with Crippen molar-refractivity contribution in [2.24, 2.45) is 5.73 Å². The Kier molecular flexibility index (Phi) is 5.43. The predicted octanol–water partition coefficient (Wildman–Crippen LogP) is 2.87. The third kappa shape index (κ3) is 4.10. The minimum Gasteiger partial charge on any atom is -0.437 e. The molecule has 1 heterocycles. The Labute approximate surface area is 136 Å². The lowest BCUT2D eigenvalue weighted by Gasteiger charge is -2.06. The SMILES string of the molecule is CCc1c(Oc2cccc(CI)c2)n[nH]c1CNC(N)=O. The number of halogens is 1. The molecule has 4 N–H and O–H groups in total. The van der Waals surface area contributed by atoms with Crippen LogP contribution < -0.4 is 15.8 Å². The molecule has 0 spiro atoms. The monoisotopic (exact) mass is 400 g/mol. The van der Waals surface area contributed by atoms with Crippen molar-refractivity contribution in [3.8, 4) is 11.6 Å². The molecular weight excluding hydrogens is 383 g/mol. The summed E-state index contributed by atoms with van der Waals surface area (Å²) in [7, 11) is 0. The number of carbonyl (C=O) groups excluding carboxylic acids is 1. The third-order valence-corrected chi connectivity index (χ3v) is 3.86. The van der Waals surface area contributed by atoms with Crippen LogP contribution in [0.25, 0.3) is 0 Å². The number of nitrogens with one attached hydrogen (secondary N) is 2. The smallest absolute Gasteiger partial charge is 0.312 e. The maximum atomic E-state index is 10.8. The van der Waals surface area contributed by atoms with Crippen molar-refractivity contribution in [3.05, 3.63) is 41.1 Å².